The van der Waals surface area contributed by atoms with Gasteiger partial charge in [-0.05, 0) is 11.8 Å². The van der Waals surface area contributed by atoms with Gasteiger partial charge in [-0.2, -0.15) is 10.5 Å². The molecule has 81 valence electrons. The van der Waals surface area contributed by atoms with Crippen LogP contribution < -0.4 is 0 Å². The number of hydrogen-bond donors (Lipinski definition) is 0. The maximum absolute atomic E-state index is 11.7. The van der Waals surface area contributed by atoms with Crippen molar-refractivity contribution in [2.75, 3.05) is 0 Å². The zero-order valence-electron chi connectivity index (χ0n) is 9.20. The molecule has 1 fully saturated rings. The summed E-state index contributed by atoms with van der Waals surface area (Å²) in [7, 11) is 0. The molecule has 4 nitrogen and oxygen atoms in total. The molecule has 0 spiro atoms. The molecule has 0 aliphatic heterocycles. The van der Waals surface area contributed by atoms with Gasteiger partial charge in [0, 0.05) is 12.8 Å². The van der Waals surface area contributed by atoms with Crippen LogP contribution >= 0.6 is 0 Å². The van der Waals surface area contributed by atoms with Crippen molar-refractivity contribution < 1.29 is 9.90 Å². The Bertz CT molecular complexity index is 348. The van der Waals surface area contributed by atoms with E-state index in [2.05, 4.69) is 0 Å². The molecule has 16 heavy (non-hydrogen) atoms. The smallest absolute Gasteiger partial charge is 0.179 e. The molecule has 0 saturated heterocycles. The zero-order valence-corrected chi connectivity index (χ0v) is 9.20. The number of nitrogens with zero attached hydrogens (tertiary/aromatic N) is 2. The quantitative estimate of drug-likeness (QED) is 0.703. The highest BCUT2D eigenvalue weighted by Gasteiger charge is 2.43. The Morgan fingerprint density at radius 1 is 1.31 bits per heavy atom. The van der Waals surface area contributed by atoms with E-state index in [1.807, 2.05) is 13.8 Å². The van der Waals surface area contributed by atoms with Crippen molar-refractivity contribution in [2.24, 2.45) is 5.41 Å². The third-order valence-corrected chi connectivity index (χ3v) is 2.41. The summed E-state index contributed by atoms with van der Waals surface area (Å²) in [6.45, 7) is 3.69. The molecule has 4 heteroatoms. The van der Waals surface area contributed by atoms with Gasteiger partial charge in [-0.3, -0.25) is 4.79 Å². The summed E-state index contributed by atoms with van der Waals surface area (Å²) < 4.78 is 0. The first-order valence-corrected chi connectivity index (χ1v) is 4.85. The zero-order chi connectivity index (χ0) is 12.3. The summed E-state index contributed by atoms with van der Waals surface area (Å²) in [6.07, 6.45) is 1.35. The number of ketones is 1. The van der Waals surface area contributed by atoms with Crippen molar-refractivity contribution in [3.05, 3.63) is 24.4 Å². The first kappa shape index (κ1) is 12.7. The summed E-state index contributed by atoms with van der Waals surface area (Å²) in [5.41, 5.74) is -0.328. The minimum absolute atomic E-state index is 0.0163. The van der Waals surface area contributed by atoms with E-state index in [1.165, 1.54) is 0 Å². The second-order valence-corrected chi connectivity index (χ2v) is 4.56. The summed E-state index contributed by atoms with van der Waals surface area (Å²) in [5, 5.41) is 28.8. The van der Waals surface area contributed by atoms with Gasteiger partial charge in [0.15, 0.2) is 12.0 Å². The van der Waals surface area contributed by atoms with Crippen molar-refractivity contribution in [1.29, 1.82) is 10.5 Å². The molecule has 0 heterocycles. The molecule has 0 unspecified atom stereocenters. The standard InChI is InChI=1S/C12H11N2O2/c1-12(2)4-10(15)9(11(16)5-12)3-8(6-13)7-14/h3H,4-5H2,1-2H3. The van der Waals surface area contributed by atoms with E-state index in [0.717, 1.165) is 6.42 Å². The monoisotopic (exact) mass is 215 g/mol. The van der Waals surface area contributed by atoms with Crippen molar-refractivity contribution in [1.82, 2.24) is 0 Å². The Hall–Kier alpha value is -1.39. The largest absolute Gasteiger partial charge is 0.299 e. The Morgan fingerprint density at radius 3 is 2.31 bits per heavy atom. The molecule has 0 aromatic carbocycles. The third kappa shape index (κ3) is 2.81. The van der Waals surface area contributed by atoms with Crippen LogP contribution in [0.5, 0.6) is 0 Å². The van der Waals surface area contributed by atoms with Crippen LogP contribution in [-0.2, 0) is 9.90 Å². The van der Waals surface area contributed by atoms with Gasteiger partial charge in [-0.25, -0.2) is 5.11 Å². The SMILES string of the molecule is CC1(C)C[C]([O])[C]([CH][C](C#N)C#N)C(=O)C1. The average Bonchev–Trinajstić information content (AvgIpc) is 2.15. The van der Waals surface area contributed by atoms with E-state index < -0.39 is 0 Å². The van der Waals surface area contributed by atoms with E-state index >= 15 is 0 Å². The lowest BCUT2D eigenvalue weighted by atomic mass is 9.69. The predicted molar refractivity (Wildman–Crippen MR) is 54.0 cm³/mol. The van der Waals surface area contributed by atoms with Gasteiger partial charge in [0.2, 0.25) is 0 Å². The number of Topliss-reactive ketones (excluding diaryl/α,β-unsaturated/α-hetero) is 1. The third-order valence-electron chi connectivity index (χ3n) is 2.41. The van der Waals surface area contributed by atoms with Gasteiger partial charge in [-0.15, -0.1) is 0 Å². The molecule has 0 aromatic heterocycles. The Morgan fingerprint density at radius 2 is 1.88 bits per heavy atom. The number of hydrogen-bond acceptors (Lipinski definition) is 3. The summed E-state index contributed by atoms with van der Waals surface area (Å²) in [6, 6.07) is 3.27. The summed E-state index contributed by atoms with van der Waals surface area (Å²) >= 11 is 0. The van der Waals surface area contributed by atoms with Crippen molar-refractivity contribution in [3.63, 3.8) is 0 Å². The van der Waals surface area contributed by atoms with Crippen molar-refractivity contribution in [2.45, 2.75) is 26.7 Å². The highest BCUT2D eigenvalue weighted by Crippen LogP contribution is 2.43. The number of carbonyl (C=O) groups is 1. The molecule has 0 bridgehead atoms. The maximum atomic E-state index is 11.7. The van der Waals surface area contributed by atoms with Gasteiger partial charge in [-0.1, -0.05) is 13.8 Å². The molecule has 1 aliphatic rings. The maximum Gasteiger partial charge on any atom is 0.179 e. The van der Waals surface area contributed by atoms with Crippen LogP contribution in [0.15, 0.2) is 0 Å². The van der Waals surface area contributed by atoms with Crippen LogP contribution in [0.4, 0.5) is 0 Å². The lowest BCUT2D eigenvalue weighted by Crippen LogP contribution is -2.35. The normalized spacial score (nSPS) is 21.8. The van der Waals surface area contributed by atoms with Crippen LogP contribution in [0.1, 0.15) is 26.7 Å². The highest BCUT2D eigenvalue weighted by molar-refractivity contribution is 5.98. The fourth-order valence-corrected chi connectivity index (χ4v) is 1.67. The van der Waals surface area contributed by atoms with E-state index in [1.54, 1.807) is 12.1 Å². The van der Waals surface area contributed by atoms with Crippen LogP contribution in [0.2, 0.25) is 0 Å². The molecule has 1 rings (SSSR count). The van der Waals surface area contributed by atoms with Gasteiger partial charge < -0.3 is 0 Å². The summed E-state index contributed by atoms with van der Waals surface area (Å²) in [5.74, 6) is -0.516. The topological polar surface area (TPSA) is 84.5 Å². The second-order valence-electron chi connectivity index (χ2n) is 4.56. The highest BCUT2D eigenvalue weighted by atomic mass is 16.3. The van der Waals surface area contributed by atoms with Crippen LogP contribution in [0.3, 0.4) is 0 Å². The van der Waals surface area contributed by atoms with Crippen LogP contribution in [0, 0.1) is 52.4 Å². The fraction of sp³-hybridized carbons (Fsp3) is 0.417. The summed E-state index contributed by atoms with van der Waals surface area (Å²) in [4.78, 5) is 11.7. The average molecular weight is 215 g/mol. The number of rotatable bonds is 2. The van der Waals surface area contributed by atoms with Gasteiger partial charge in [0.1, 0.15) is 5.78 Å². The van der Waals surface area contributed by atoms with Gasteiger partial charge >= 0.3 is 0 Å². The first-order chi connectivity index (χ1) is 7.39. The van der Waals surface area contributed by atoms with Crippen molar-refractivity contribution in [3.8, 4) is 12.1 Å². The molecule has 0 N–H and O–H groups in total. The fourth-order valence-electron chi connectivity index (χ4n) is 1.67. The van der Waals surface area contributed by atoms with E-state index in [9.17, 15) is 9.90 Å². The molecule has 1 aliphatic carbocycles. The lowest BCUT2D eigenvalue weighted by molar-refractivity contribution is -0.121. The molecule has 5 radical (unpaired) electrons. The Kier molecular flexibility index (Phi) is 3.67. The predicted octanol–water partition coefficient (Wildman–Crippen LogP) is 1.74. The number of nitriles is 2. The van der Waals surface area contributed by atoms with E-state index in [4.69, 9.17) is 10.5 Å². The van der Waals surface area contributed by atoms with E-state index in [-0.39, 0.29) is 42.0 Å². The molecule has 0 amide bonds. The molecule has 0 aromatic rings. The molecule has 0 atom stereocenters. The molecular formula is C12H11N2O2. The lowest BCUT2D eigenvalue weighted by Gasteiger charge is -2.34. The second kappa shape index (κ2) is 4.63. The minimum Gasteiger partial charge on any atom is -0.299 e. The van der Waals surface area contributed by atoms with Gasteiger partial charge in [0.05, 0.1) is 18.1 Å². The van der Waals surface area contributed by atoms with Crippen LogP contribution in [-0.4, -0.2) is 5.78 Å². The van der Waals surface area contributed by atoms with E-state index in [0.29, 0.717) is 0 Å². The number of carbonyl (C=O) groups excluding carboxylic acids is 1. The van der Waals surface area contributed by atoms with Crippen molar-refractivity contribution >= 4 is 5.78 Å². The Balaban J connectivity index is 2.73. The Labute approximate surface area is 95.5 Å². The minimum atomic E-state index is -0.328. The van der Waals surface area contributed by atoms with Crippen LogP contribution in [0.25, 0.3) is 0 Å². The first-order valence-electron chi connectivity index (χ1n) is 4.85. The molecular weight excluding hydrogens is 204 g/mol. The van der Waals surface area contributed by atoms with Gasteiger partial charge in [0.25, 0.3) is 0 Å². The molecule has 1 saturated carbocycles.